The van der Waals surface area contributed by atoms with Crippen LogP contribution in [0.1, 0.15) is 39.8 Å². The van der Waals surface area contributed by atoms with Crippen molar-refractivity contribution in [1.29, 1.82) is 0 Å². The average molecular weight is 778 g/mol. The van der Waals surface area contributed by atoms with Gasteiger partial charge in [0.05, 0.1) is 19.5 Å². The van der Waals surface area contributed by atoms with Crippen LogP contribution in [0.25, 0.3) is 11.2 Å². The third kappa shape index (κ3) is 11.9. The number of phosphoric acid groups is 3. The summed E-state index contributed by atoms with van der Waals surface area (Å²) in [5.41, 5.74) is 4.25. The van der Waals surface area contributed by atoms with Gasteiger partial charge in [0.15, 0.2) is 17.7 Å². The lowest BCUT2D eigenvalue weighted by Crippen LogP contribution is -2.46. The predicted molar refractivity (Wildman–Crippen MR) is 165 cm³/mol. The highest BCUT2D eigenvalue weighted by molar-refractivity contribution is 7.61. The van der Waals surface area contributed by atoms with E-state index in [1.807, 2.05) is 0 Å². The Balaban J connectivity index is 1.57. The first kappa shape index (κ1) is 41.6. The summed E-state index contributed by atoms with van der Waals surface area (Å²) < 4.78 is 61.7. The number of rotatable bonds is 19. The van der Waals surface area contributed by atoms with Crippen LogP contribution in [0.5, 0.6) is 0 Å². The van der Waals surface area contributed by atoms with Crippen molar-refractivity contribution in [3.63, 3.8) is 0 Å². The predicted octanol–water partition coefficient (Wildman–Crippen LogP) is -1.62. The highest BCUT2D eigenvalue weighted by atomic mass is 31.3. The summed E-state index contributed by atoms with van der Waals surface area (Å²) in [5.74, 6) is -1.62. The minimum atomic E-state index is -5.56. The van der Waals surface area contributed by atoms with Gasteiger partial charge in [-0.15, -0.1) is 0 Å². The Bertz CT molecular complexity index is 1690. The van der Waals surface area contributed by atoms with E-state index in [2.05, 4.69) is 34.4 Å². The molecule has 7 atom stereocenters. The van der Waals surface area contributed by atoms with Crippen LogP contribution >= 0.6 is 23.5 Å². The van der Waals surface area contributed by atoms with E-state index < -0.39 is 84.6 Å². The topological polar surface area (TPSA) is 364 Å². The zero-order valence-electron chi connectivity index (χ0n) is 26.7. The first-order valence-corrected chi connectivity index (χ1v) is 18.9. The maximum absolute atomic E-state index is 12.6. The lowest BCUT2D eigenvalue weighted by molar-refractivity contribution is -0.137. The summed E-state index contributed by atoms with van der Waals surface area (Å²) in [7, 11) is -16.4. The minimum Gasteiger partial charge on any atom is -0.386 e. The number of nitrogens with zero attached hydrogens (tertiary/aromatic N) is 4. The molecule has 0 aliphatic carbocycles. The second-order valence-electron chi connectivity index (χ2n) is 11.5. The lowest BCUT2D eigenvalue weighted by atomic mass is 9.87. The number of ketones is 1. The van der Waals surface area contributed by atoms with Crippen LogP contribution < -0.4 is 16.4 Å². The van der Waals surface area contributed by atoms with Crippen molar-refractivity contribution in [1.82, 2.24) is 30.2 Å². The van der Waals surface area contributed by atoms with Gasteiger partial charge in [0.2, 0.25) is 11.8 Å². The van der Waals surface area contributed by atoms with Crippen LogP contribution in [-0.2, 0) is 50.7 Å². The van der Waals surface area contributed by atoms with Crippen molar-refractivity contribution in [3.8, 4) is 0 Å². The maximum atomic E-state index is 12.6. The fourth-order valence-corrected chi connectivity index (χ4v) is 7.15. The largest absolute Gasteiger partial charge is 0.481 e. The maximum Gasteiger partial charge on any atom is 0.481 e. The van der Waals surface area contributed by atoms with Crippen molar-refractivity contribution in [2.24, 2.45) is 5.41 Å². The van der Waals surface area contributed by atoms with Crippen LogP contribution in [0.2, 0.25) is 0 Å². The van der Waals surface area contributed by atoms with Gasteiger partial charge in [-0.2, -0.15) is 4.31 Å². The van der Waals surface area contributed by atoms with Crippen LogP contribution in [0.4, 0.5) is 5.82 Å². The number of fused-ring (bicyclic) bond motifs is 1. The number of hydrogen-bond acceptors (Lipinski definition) is 17. The number of anilines is 1. The summed E-state index contributed by atoms with van der Waals surface area (Å²) in [6, 6.07) is 0. The zero-order valence-corrected chi connectivity index (χ0v) is 29.3. The summed E-state index contributed by atoms with van der Waals surface area (Å²) >= 11 is 0. The Kier molecular flexibility index (Phi) is 13.9. The summed E-state index contributed by atoms with van der Waals surface area (Å²) in [6.45, 7) is 1.74. The molecule has 2 aromatic rings. The number of carbonyl (C=O) groups is 3. The summed E-state index contributed by atoms with van der Waals surface area (Å²) in [6.07, 6.45) is -6.78. The Labute approximate surface area is 283 Å². The molecule has 2 amide bonds. The van der Waals surface area contributed by atoms with Gasteiger partial charge in [-0.05, 0) is 6.92 Å². The number of amides is 2. The van der Waals surface area contributed by atoms with Gasteiger partial charge in [0.25, 0.3) is 0 Å². The fraction of sp³-hybridized carbons (Fsp3) is 0.652. The quantitative estimate of drug-likeness (QED) is 0.0724. The molecule has 0 bridgehead atoms. The van der Waals surface area contributed by atoms with Crippen molar-refractivity contribution in [2.45, 2.75) is 64.3 Å². The molecular weight excluding hydrogens is 739 g/mol. The molecule has 0 aromatic carbocycles. The number of nitrogen functional groups attached to an aromatic ring is 1. The first-order valence-electron chi connectivity index (χ1n) is 14.4. The molecule has 1 saturated heterocycles. The number of aliphatic hydroxyl groups excluding tert-OH is 2. The Morgan fingerprint density at radius 3 is 2.32 bits per heavy atom. The second-order valence-corrected chi connectivity index (χ2v) is 15.8. The van der Waals surface area contributed by atoms with E-state index in [1.54, 1.807) is 0 Å². The Morgan fingerprint density at radius 2 is 1.68 bits per heavy atom. The molecule has 1 fully saturated rings. The lowest BCUT2D eigenvalue weighted by Gasteiger charge is -2.30. The normalized spacial score (nSPS) is 22.8. The molecular formula is C23H38N7O17P3. The van der Waals surface area contributed by atoms with Crippen LogP contribution in [0.15, 0.2) is 12.7 Å². The highest BCUT2D eigenvalue weighted by Gasteiger charge is 2.50. The smallest absolute Gasteiger partial charge is 0.386 e. The molecule has 3 rings (SSSR count). The fourth-order valence-electron chi connectivity index (χ4n) is 4.32. The Hall–Kier alpha value is -2.79. The van der Waals surface area contributed by atoms with Crippen molar-refractivity contribution in [2.75, 3.05) is 32.0 Å². The van der Waals surface area contributed by atoms with Crippen molar-refractivity contribution in [3.05, 3.63) is 12.7 Å². The van der Waals surface area contributed by atoms with E-state index in [0.29, 0.717) is 0 Å². The van der Waals surface area contributed by atoms with E-state index in [4.69, 9.17) is 19.5 Å². The monoisotopic (exact) mass is 777 g/mol. The molecule has 0 saturated carbocycles. The van der Waals surface area contributed by atoms with E-state index in [0.717, 1.165) is 17.2 Å². The highest BCUT2D eigenvalue weighted by Crippen LogP contribution is 2.61. The van der Waals surface area contributed by atoms with Gasteiger partial charge in [-0.3, -0.25) is 32.5 Å². The summed E-state index contributed by atoms with van der Waals surface area (Å²) in [4.78, 5) is 85.8. The van der Waals surface area contributed by atoms with E-state index >= 15 is 0 Å². The van der Waals surface area contributed by atoms with Gasteiger partial charge < -0.3 is 50.9 Å². The molecule has 2 aromatic heterocycles. The summed E-state index contributed by atoms with van der Waals surface area (Å²) in [5, 5.41) is 26.0. The van der Waals surface area contributed by atoms with Gasteiger partial charge in [-0.1, -0.05) is 13.8 Å². The van der Waals surface area contributed by atoms with Gasteiger partial charge in [-0.25, -0.2) is 28.6 Å². The average Bonchev–Trinajstić information content (AvgIpc) is 3.54. The van der Waals surface area contributed by atoms with Crippen LogP contribution in [-0.4, -0.2) is 118 Å². The van der Waals surface area contributed by atoms with Gasteiger partial charge >= 0.3 is 23.5 Å². The molecule has 3 unspecified atom stereocenters. The molecule has 27 heteroatoms. The number of hydrogen-bond donors (Lipinski definition) is 9. The van der Waals surface area contributed by atoms with E-state index in [1.165, 1.54) is 20.8 Å². The van der Waals surface area contributed by atoms with Crippen molar-refractivity contribution < 1.29 is 80.5 Å². The van der Waals surface area contributed by atoms with E-state index in [-0.39, 0.29) is 48.7 Å². The molecule has 24 nitrogen and oxygen atoms in total. The number of carbonyl (C=O) groups excluding carboxylic acids is 3. The molecule has 3 heterocycles. The van der Waals surface area contributed by atoms with Gasteiger partial charge in [0, 0.05) is 31.3 Å². The number of nitrogens with one attached hydrogen (secondary N) is 2. The molecule has 1 aliphatic heterocycles. The standard InChI is InChI=1S/C23H38N7O17P3/c1-12(31)4-6-25-14(32)5-7-26-21(35)18(34)23(2,3)9-44-50(41,42)47-49(39,40)43-8-13-17(46-48(36,37)38)16(33)22(45-13)30-11-29-15-19(24)27-10-28-20(15)30/h10-11,13,16-18,22,33-34H,4-9H2,1-3H3,(H,25,32)(H,26,35)(H,39,40)(H,41,42)(H2,24,27,28)(H2,36,37,38)/t13-,16-,17-,18?,22-/m1/s1. The number of nitrogens with two attached hydrogens (primary N) is 1. The third-order valence-corrected chi connectivity index (χ3v) is 9.98. The third-order valence-electron chi connectivity index (χ3n) is 6.88. The van der Waals surface area contributed by atoms with Crippen LogP contribution in [0, 0.1) is 5.41 Å². The molecule has 10 N–H and O–H groups in total. The second kappa shape index (κ2) is 16.7. The molecule has 0 spiro atoms. The van der Waals surface area contributed by atoms with Crippen molar-refractivity contribution >= 4 is 58.0 Å². The van der Waals surface area contributed by atoms with E-state index in [9.17, 15) is 57.9 Å². The van der Waals surface area contributed by atoms with Gasteiger partial charge in [0.1, 0.15) is 42.0 Å². The number of imidazole rings is 1. The first-order chi connectivity index (χ1) is 23.0. The number of ether oxygens (including phenoxy) is 1. The molecule has 50 heavy (non-hydrogen) atoms. The molecule has 1 aliphatic rings. The molecule has 282 valence electrons. The number of aliphatic hydroxyl groups is 2. The number of phosphoric ester groups is 3. The number of Topliss-reactive ketones (excluding diaryl/α,β-unsaturated/α-hetero) is 1. The minimum absolute atomic E-state index is 0.0305. The zero-order chi connectivity index (χ0) is 37.7. The van der Waals surface area contributed by atoms with Crippen LogP contribution in [0.3, 0.4) is 0 Å². The SMILES string of the molecule is CC(=O)CCNC(=O)CCNC(=O)C(O)C(C)(C)COP(=O)(O)OP(=O)(O)OC[C@H]1O[C@@H](n2cnc3c(N)ncnc32)[C@H](O)[C@@H]1OP(=O)(O)O. The Morgan fingerprint density at radius 1 is 1.04 bits per heavy atom. The number of aromatic nitrogens is 4. The molecule has 0 radical (unpaired) electrons.